The summed E-state index contributed by atoms with van der Waals surface area (Å²) in [6, 6.07) is 4.17. The number of fused-ring (bicyclic) bond motifs is 3. The second-order valence-electron chi connectivity index (χ2n) is 4.00. The van der Waals surface area contributed by atoms with E-state index < -0.39 is 11.8 Å². The molecule has 1 aliphatic heterocycles. The summed E-state index contributed by atoms with van der Waals surface area (Å²) in [4.78, 5) is 11.2. The van der Waals surface area contributed by atoms with E-state index >= 15 is 0 Å². The number of carbonyl (C=O) groups is 1. The molecule has 88 valence electrons. The lowest BCUT2D eigenvalue weighted by Crippen LogP contribution is -2.15. The Morgan fingerprint density at radius 2 is 2.29 bits per heavy atom. The van der Waals surface area contributed by atoms with Crippen molar-refractivity contribution in [3.05, 3.63) is 29.6 Å². The summed E-state index contributed by atoms with van der Waals surface area (Å²) in [5, 5.41) is 9.60. The number of ether oxygens (including phenoxy) is 1. The maximum Gasteiger partial charge on any atom is 0.341 e. The zero-order valence-electron chi connectivity index (χ0n) is 8.94. The molecule has 0 amide bonds. The smallest absolute Gasteiger partial charge is 0.341 e. The van der Waals surface area contributed by atoms with Crippen LogP contribution in [0, 0.1) is 5.82 Å². The molecule has 1 aliphatic rings. The molecule has 1 aromatic carbocycles. The van der Waals surface area contributed by atoms with E-state index in [1.807, 2.05) is 0 Å². The Kier molecular flexibility index (Phi) is 2.07. The van der Waals surface area contributed by atoms with Gasteiger partial charge in [0.25, 0.3) is 0 Å². The zero-order valence-corrected chi connectivity index (χ0v) is 8.94. The molecule has 3 rings (SSSR count). The first-order valence-electron chi connectivity index (χ1n) is 5.36. The summed E-state index contributed by atoms with van der Waals surface area (Å²) in [6.07, 6.45) is 0.827. The Labute approximate surface area is 96.2 Å². The van der Waals surface area contributed by atoms with Gasteiger partial charge in [0.2, 0.25) is 5.88 Å². The maximum absolute atomic E-state index is 13.2. The third kappa shape index (κ3) is 1.39. The average molecular weight is 235 g/mol. The summed E-state index contributed by atoms with van der Waals surface area (Å²) < 4.78 is 20.4. The number of hydrogen-bond donors (Lipinski definition) is 1. The van der Waals surface area contributed by atoms with Crippen molar-refractivity contribution < 1.29 is 19.0 Å². The maximum atomic E-state index is 13.2. The van der Waals surface area contributed by atoms with E-state index in [2.05, 4.69) is 0 Å². The Bertz CT molecular complexity index is 618. The van der Waals surface area contributed by atoms with Gasteiger partial charge in [0.15, 0.2) is 0 Å². The topological polar surface area (TPSA) is 51.5 Å². The van der Waals surface area contributed by atoms with E-state index in [9.17, 15) is 14.3 Å². The van der Waals surface area contributed by atoms with Gasteiger partial charge in [-0.1, -0.05) is 0 Å². The second kappa shape index (κ2) is 3.48. The fraction of sp³-hybridized carbons (Fsp3) is 0.250. The Morgan fingerprint density at radius 3 is 3.06 bits per heavy atom. The average Bonchev–Trinajstić information content (AvgIpc) is 2.62. The number of benzene rings is 1. The SMILES string of the molecule is O=C(O)c1c2n(c3ccc(F)cc13)CCCO2. The minimum atomic E-state index is -1.09. The second-order valence-corrected chi connectivity index (χ2v) is 4.00. The van der Waals surface area contributed by atoms with Gasteiger partial charge in [-0.05, 0) is 24.6 Å². The van der Waals surface area contributed by atoms with Gasteiger partial charge < -0.3 is 14.4 Å². The molecule has 0 spiro atoms. The summed E-state index contributed by atoms with van der Waals surface area (Å²) >= 11 is 0. The molecule has 0 bridgehead atoms. The summed E-state index contributed by atoms with van der Waals surface area (Å²) in [7, 11) is 0. The van der Waals surface area contributed by atoms with Crippen molar-refractivity contribution in [3.8, 4) is 5.88 Å². The molecule has 0 saturated carbocycles. The van der Waals surface area contributed by atoms with Crippen molar-refractivity contribution in [2.75, 3.05) is 6.61 Å². The fourth-order valence-corrected chi connectivity index (χ4v) is 2.27. The van der Waals surface area contributed by atoms with Crippen molar-refractivity contribution in [3.63, 3.8) is 0 Å². The largest absolute Gasteiger partial charge is 0.478 e. The van der Waals surface area contributed by atoms with Crippen LogP contribution >= 0.6 is 0 Å². The van der Waals surface area contributed by atoms with Crippen LogP contribution in [0.1, 0.15) is 16.8 Å². The molecule has 0 saturated heterocycles. The first-order chi connectivity index (χ1) is 8.18. The van der Waals surface area contributed by atoms with Crippen molar-refractivity contribution >= 4 is 16.9 Å². The van der Waals surface area contributed by atoms with Crippen LogP contribution in [-0.2, 0) is 6.54 Å². The predicted molar refractivity (Wildman–Crippen MR) is 59.0 cm³/mol. The number of aromatic nitrogens is 1. The summed E-state index contributed by atoms with van der Waals surface area (Å²) in [5.41, 5.74) is 0.762. The van der Waals surface area contributed by atoms with Crippen molar-refractivity contribution in [2.24, 2.45) is 0 Å². The number of aryl methyl sites for hydroxylation is 1. The molecule has 1 N–H and O–H groups in total. The molecule has 0 atom stereocenters. The van der Waals surface area contributed by atoms with E-state index in [1.165, 1.54) is 12.1 Å². The van der Waals surface area contributed by atoms with Crippen molar-refractivity contribution in [2.45, 2.75) is 13.0 Å². The van der Waals surface area contributed by atoms with Crippen LogP contribution in [0.25, 0.3) is 10.9 Å². The standard InChI is InChI=1S/C12H10FNO3/c13-7-2-3-9-8(6-7)10(12(15)16)11-14(9)4-1-5-17-11/h2-3,6H,1,4-5H2,(H,15,16). The zero-order chi connectivity index (χ0) is 12.0. The van der Waals surface area contributed by atoms with E-state index in [0.29, 0.717) is 29.9 Å². The summed E-state index contributed by atoms with van der Waals surface area (Å²) in [6.45, 7) is 1.20. The lowest BCUT2D eigenvalue weighted by molar-refractivity contribution is 0.0692. The molecule has 17 heavy (non-hydrogen) atoms. The number of carboxylic acids is 1. The number of carboxylic acid groups (broad SMARTS) is 1. The highest BCUT2D eigenvalue weighted by Crippen LogP contribution is 2.34. The Hall–Kier alpha value is -2.04. The molecule has 2 aromatic rings. The van der Waals surface area contributed by atoms with Gasteiger partial charge in [-0.15, -0.1) is 0 Å². The minimum absolute atomic E-state index is 0.0548. The van der Waals surface area contributed by atoms with Crippen LogP contribution in [-0.4, -0.2) is 22.2 Å². The lowest BCUT2D eigenvalue weighted by Gasteiger charge is -2.17. The van der Waals surface area contributed by atoms with Crippen LogP contribution < -0.4 is 4.74 Å². The normalized spacial score (nSPS) is 14.4. The highest BCUT2D eigenvalue weighted by Gasteiger charge is 2.25. The van der Waals surface area contributed by atoms with Gasteiger partial charge in [-0.25, -0.2) is 9.18 Å². The molecule has 0 unspecified atom stereocenters. The molecule has 2 heterocycles. The Morgan fingerprint density at radius 1 is 1.47 bits per heavy atom. The molecule has 1 aromatic heterocycles. The molecule has 0 aliphatic carbocycles. The number of nitrogens with zero attached hydrogens (tertiary/aromatic N) is 1. The number of hydrogen-bond acceptors (Lipinski definition) is 2. The van der Waals surface area contributed by atoms with E-state index in [0.717, 1.165) is 6.42 Å². The molecule has 4 nitrogen and oxygen atoms in total. The van der Waals surface area contributed by atoms with Crippen LogP contribution in [0.15, 0.2) is 18.2 Å². The molecule has 0 fully saturated rings. The first-order valence-corrected chi connectivity index (χ1v) is 5.36. The van der Waals surface area contributed by atoms with E-state index in [-0.39, 0.29) is 5.56 Å². The van der Waals surface area contributed by atoms with Gasteiger partial charge in [0.05, 0.1) is 12.1 Å². The van der Waals surface area contributed by atoms with E-state index in [1.54, 1.807) is 10.6 Å². The van der Waals surface area contributed by atoms with Crippen LogP contribution in [0.4, 0.5) is 4.39 Å². The molecular formula is C12H10FNO3. The third-order valence-corrected chi connectivity index (χ3v) is 2.96. The van der Waals surface area contributed by atoms with Crippen LogP contribution in [0.5, 0.6) is 5.88 Å². The number of aromatic carboxylic acids is 1. The van der Waals surface area contributed by atoms with Crippen LogP contribution in [0.2, 0.25) is 0 Å². The predicted octanol–water partition coefficient (Wildman–Crippen LogP) is 2.26. The van der Waals surface area contributed by atoms with E-state index in [4.69, 9.17) is 4.74 Å². The number of rotatable bonds is 1. The molecule has 0 radical (unpaired) electrons. The quantitative estimate of drug-likeness (QED) is 0.824. The van der Waals surface area contributed by atoms with Crippen LogP contribution in [0.3, 0.4) is 0 Å². The highest BCUT2D eigenvalue weighted by molar-refractivity contribution is 6.06. The van der Waals surface area contributed by atoms with Crippen molar-refractivity contribution in [1.29, 1.82) is 0 Å². The molecular weight excluding hydrogens is 225 g/mol. The summed E-state index contributed by atoms with van der Waals surface area (Å²) in [5.74, 6) is -1.19. The number of halogens is 1. The fourth-order valence-electron chi connectivity index (χ4n) is 2.27. The van der Waals surface area contributed by atoms with Crippen molar-refractivity contribution in [1.82, 2.24) is 4.57 Å². The minimum Gasteiger partial charge on any atom is -0.478 e. The lowest BCUT2D eigenvalue weighted by atomic mass is 10.1. The van der Waals surface area contributed by atoms with Gasteiger partial charge in [-0.3, -0.25) is 0 Å². The van der Waals surface area contributed by atoms with Gasteiger partial charge >= 0.3 is 5.97 Å². The van der Waals surface area contributed by atoms with Gasteiger partial charge in [0.1, 0.15) is 11.4 Å². The third-order valence-electron chi connectivity index (χ3n) is 2.96. The highest BCUT2D eigenvalue weighted by atomic mass is 19.1. The van der Waals surface area contributed by atoms with Gasteiger partial charge in [-0.2, -0.15) is 0 Å². The Balaban J connectivity index is 2.42. The first kappa shape index (κ1) is 10.1. The van der Waals surface area contributed by atoms with Gasteiger partial charge in [0, 0.05) is 11.9 Å². The monoisotopic (exact) mass is 235 g/mol. The molecule has 5 heteroatoms.